The number of anilines is 1. The van der Waals surface area contributed by atoms with Crippen molar-refractivity contribution in [3.05, 3.63) is 53.3 Å². The van der Waals surface area contributed by atoms with Gasteiger partial charge in [0.25, 0.3) is 0 Å². The molecular formula is C25H35N5O3S. The second-order valence-electron chi connectivity index (χ2n) is 9.47. The molecule has 1 saturated carbocycles. The van der Waals surface area contributed by atoms with E-state index in [0.717, 1.165) is 68.0 Å². The molecule has 8 nitrogen and oxygen atoms in total. The van der Waals surface area contributed by atoms with E-state index in [9.17, 15) is 13.2 Å². The van der Waals surface area contributed by atoms with Crippen LogP contribution in [0.3, 0.4) is 0 Å². The van der Waals surface area contributed by atoms with Crippen LogP contribution in [0.2, 0.25) is 0 Å². The lowest BCUT2D eigenvalue weighted by Crippen LogP contribution is -2.49. The van der Waals surface area contributed by atoms with Gasteiger partial charge in [0.15, 0.2) is 0 Å². The standard InChI is InChI=1S/C25H35N5O3S/c1-18-5-4-6-24(15-18)34(32,33)30(22-7-8-22)23-9-12-29(13-10-23)14-11-26-25(31)28-21-16-19(2)27-20(3)17-21/h4-6,15-17,22-23H,7-14H2,1-3H3,(H2,26,27,28,31). The monoisotopic (exact) mass is 485 g/mol. The topological polar surface area (TPSA) is 94.6 Å². The zero-order valence-electron chi connectivity index (χ0n) is 20.3. The Hall–Kier alpha value is -2.49. The van der Waals surface area contributed by atoms with Crippen molar-refractivity contribution in [2.45, 2.75) is 63.4 Å². The third-order valence-electron chi connectivity index (χ3n) is 6.44. The fraction of sp³-hybridized carbons (Fsp3) is 0.520. The highest BCUT2D eigenvalue weighted by atomic mass is 32.2. The van der Waals surface area contributed by atoms with Crippen LogP contribution in [-0.4, -0.2) is 66.9 Å². The minimum Gasteiger partial charge on any atom is -0.337 e. The molecule has 2 fully saturated rings. The third kappa shape index (κ3) is 6.14. The van der Waals surface area contributed by atoms with Gasteiger partial charge in [0.05, 0.1) is 4.90 Å². The fourth-order valence-electron chi connectivity index (χ4n) is 4.72. The molecule has 184 valence electrons. The minimum absolute atomic E-state index is 0.0312. The summed E-state index contributed by atoms with van der Waals surface area (Å²) in [6.07, 6.45) is 3.51. The van der Waals surface area contributed by atoms with E-state index in [1.165, 1.54) is 0 Å². The molecular weight excluding hydrogens is 450 g/mol. The van der Waals surface area contributed by atoms with Gasteiger partial charge in [-0.25, -0.2) is 13.2 Å². The smallest absolute Gasteiger partial charge is 0.319 e. The SMILES string of the molecule is Cc1cccc(S(=O)(=O)N(C2CC2)C2CCN(CCNC(=O)Nc3cc(C)nc(C)c3)CC2)c1. The molecule has 2 N–H and O–H groups in total. The Balaban J connectivity index is 1.26. The lowest BCUT2D eigenvalue weighted by molar-refractivity contribution is 0.156. The van der Waals surface area contributed by atoms with Gasteiger partial charge < -0.3 is 15.5 Å². The van der Waals surface area contributed by atoms with E-state index in [1.54, 1.807) is 16.4 Å². The molecule has 0 spiro atoms. The maximum absolute atomic E-state index is 13.4. The molecule has 2 aromatic rings. The summed E-state index contributed by atoms with van der Waals surface area (Å²) in [6, 6.07) is 10.8. The lowest BCUT2D eigenvalue weighted by Gasteiger charge is -2.38. The second kappa shape index (κ2) is 10.4. The molecule has 4 rings (SSSR count). The largest absolute Gasteiger partial charge is 0.337 e. The Morgan fingerprint density at radius 3 is 2.29 bits per heavy atom. The number of piperidine rings is 1. The number of aromatic nitrogens is 1. The van der Waals surface area contributed by atoms with Crippen molar-refractivity contribution < 1.29 is 13.2 Å². The number of aryl methyl sites for hydroxylation is 3. The van der Waals surface area contributed by atoms with Crippen molar-refractivity contribution in [3.8, 4) is 0 Å². The first kappa shape index (κ1) is 24.6. The molecule has 1 aliphatic carbocycles. The summed E-state index contributed by atoms with van der Waals surface area (Å²) in [7, 11) is -3.50. The number of urea groups is 1. The first-order valence-electron chi connectivity index (χ1n) is 12.0. The van der Waals surface area contributed by atoms with Crippen LogP contribution >= 0.6 is 0 Å². The van der Waals surface area contributed by atoms with Gasteiger partial charge in [0.2, 0.25) is 10.0 Å². The number of benzene rings is 1. The van der Waals surface area contributed by atoms with Crippen molar-refractivity contribution in [1.29, 1.82) is 0 Å². The average molecular weight is 486 g/mol. The van der Waals surface area contributed by atoms with Crippen molar-refractivity contribution in [2.75, 3.05) is 31.5 Å². The zero-order valence-corrected chi connectivity index (χ0v) is 21.1. The number of amides is 2. The Kier molecular flexibility index (Phi) is 7.54. The predicted octanol–water partition coefficient (Wildman–Crippen LogP) is 3.45. The van der Waals surface area contributed by atoms with Crippen LogP contribution in [0.15, 0.2) is 41.3 Å². The normalized spacial score (nSPS) is 17.6. The van der Waals surface area contributed by atoms with Gasteiger partial charge >= 0.3 is 6.03 Å². The molecule has 9 heteroatoms. The molecule has 2 heterocycles. The van der Waals surface area contributed by atoms with E-state index >= 15 is 0 Å². The van der Waals surface area contributed by atoms with Gasteiger partial charge in [-0.15, -0.1) is 0 Å². The molecule has 1 aliphatic heterocycles. The minimum atomic E-state index is -3.50. The van der Waals surface area contributed by atoms with Gasteiger partial charge in [0, 0.05) is 42.2 Å². The number of nitrogens with one attached hydrogen (secondary N) is 2. The maximum Gasteiger partial charge on any atom is 0.319 e. The highest BCUT2D eigenvalue weighted by molar-refractivity contribution is 7.89. The maximum atomic E-state index is 13.4. The van der Waals surface area contributed by atoms with E-state index in [0.29, 0.717) is 11.4 Å². The van der Waals surface area contributed by atoms with Gasteiger partial charge in [-0.1, -0.05) is 12.1 Å². The first-order chi connectivity index (χ1) is 16.2. The highest BCUT2D eigenvalue weighted by Crippen LogP contribution is 2.36. The quantitative estimate of drug-likeness (QED) is 0.597. The molecule has 2 amide bonds. The molecule has 1 aromatic heterocycles. The van der Waals surface area contributed by atoms with Gasteiger partial charge in [0.1, 0.15) is 0 Å². The Morgan fingerprint density at radius 1 is 1.03 bits per heavy atom. The predicted molar refractivity (Wildman–Crippen MR) is 133 cm³/mol. The van der Waals surface area contributed by atoms with Gasteiger partial charge in [-0.05, 0) is 89.4 Å². The summed E-state index contributed by atoms with van der Waals surface area (Å²) in [4.78, 5) is 19.2. The van der Waals surface area contributed by atoms with Crippen LogP contribution in [0.4, 0.5) is 10.5 Å². The number of pyridine rings is 1. The molecule has 0 atom stereocenters. The summed E-state index contributed by atoms with van der Waals surface area (Å²) >= 11 is 0. The lowest BCUT2D eigenvalue weighted by atomic mass is 10.0. The van der Waals surface area contributed by atoms with Crippen molar-refractivity contribution in [3.63, 3.8) is 0 Å². The Morgan fingerprint density at radius 2 is 1.68 bits per heavy atom. The first-order valence-corrected chi connectivity index (χ1v) is 13.5. The molecule has 34 heavy (non-hydrogen) atoms. The van der Waals surface area contributed by atoms with Crippen LogP contribution in [0.5, 0.6) is 0 Å². The Bertz CT molecular complexity index is 1100. The van der Waals surface area contributed by atoms with Crippen LogP contribution in [-0.2, 0) is 10.0 Å². The van der Waals surface area contributed by atoms with Crippen LogP contribution in [0.25, 0.3) is 0 Å². The number of carbonyl (C=O) groups excluding carboxylic acids is 1. The van der Waals surface area contributed by atoms with E-state index in [4.69, 9.17) is 0 Å². The van der Waals surface area contributed by atoms with Crippen LogP contribution < -0.4 is 10.6 Å². The summed E-state index contributed by atoms with van der Waals surface area (Å²) in [5, 5.41) is 5.77. The number of rotatable bonds is 8. The van der Waals surface area contributed by atoms with Crippen LogP contribution in [0.1, 0.15) is 42.6 Å². The average Bonchev–Trinajstić information content (AvgIpc) is 3.59. The number of hydrogen-bond acceptors (Lipinski definition) is 5. The van der Waals surface area contributed by atoms with Crippen LogP contribution in [0, 0.1) is 20.8 Å². The summed E-state index contributed by atoms with van der Waals surface area (Å²) in [6.45, 7) is 8.64. The third-order valence-corrected chi connectivity index (χ3v) is 8.44. The van der Waals surface area contributed by atoms with Gasteiger partial charge in [-0.2, -0.15) is 4.31 Å². The number of hydrogen-bond donors (Lipinski definition) is 2. The summed E-state index contributed by atoms with van der Waals surface area (Å²) in [5.41, 5.74) is 3.42. The molecule has 1 saturated heterocycles. The highest BCUT2D eigenvalue weighted by Gasteiger charge is 2.43. The van der Waals surface area contributed by atoms with Crippen molar-refractivity contribution >= 4 is 21.7 Å². The number of nitrogens with zero attached hydrogens (tertiary/aromatic N) is 3. The Labute approximate surface area is 202 Å². The fourth-order valence-corrected chi connectivity index (χ4v) is 6.76. The van der Waals surface area contributed by atoms with E-state index < -0.39 is 10.0 Å². The number of likely N-dealkylation sites (tertiary alicyclic amines) is 1. The van der Waals surface area contributed by atoms with Crippen molar-refractivity contribution in [2.24, 2.45) is 0 Å². The summed E-state index contributed by atoms with van der Waals surface area (Å²) in [5.74, 6) is 0. The van der Waals surface area contributed by atoms with Crippen molar-refractivity contribution in [1.82, 2.24) is 19.5 Å². The zero-order chi connectivity index (χ0) is 24.3. The molecule has 1 aromatic carbocycles. The van der Waals surface area contributed by atoms with E-state index in [-0.39, 0.29) is 18.1 Å². The van der Waals surface area contributed by atoms with E-state index in [1.807, 2.05) is 45.0 Å². The molecule has 0 unspecified atom stereocenters. The second-order valence-corrected chi connectivity index (χ2v) is 11.3. The van der Waals surface area contributed by atoms with E-state index in [2.05, 4.69) is 20.5 Å². The number of carbonyl (C=O) groups is 1. The molecule has 0 bridgehead atoms. The molecule has 0 radical (unpaired) electrons. The summed E-state index contributed by atoms with van der Waals surface area (Å²) < 4.78 is 28.7. The number of sulfonamides is 1. The molecule has 2 aliphatic rings. The van der Waals surface area contributed by atoms with Gasteiger partial charge in [-0.3, -0.25) is 4.98 Å².